The topological polar surface area (TPSA) is 65.4 Å². The van der Waals surface area contributed by atoms with Crippen LogP contribution >= 0.6 is 11.6 Å². The Bertz CT molecular complexity index is 943. The van der Waals surface area contributed by atoms with Gasteiger partial charge >= 0.3 is 0 Å². The molecule has 3 aromatic rings. The number of hydrogen-bond acceptors (Lipinski definition) is 6. The molecule has 1 N–H and O–H groups in total. The van der Waals surface area contributed by atoms with E-state index in [1.807, 2.05) is 42.5 Å². The standard InChI is InChI=1S/C22H24ClN5O/c1-16(15-29)27-9-11-28(12-10-27)21-13-20(17-4-6-19(23)7-5-17)25-22(26-21)18-3-2-8-24-14-18/h2-8,13-14,16,29H,9-12,15H2,1H3. The van der Waals surface area contributed by atoms with E-state index in [1.165, 1.54) is 0 Å². The largest absolute Gasteiger partial charge is 0.395 e. The number of aliphatic hydroxyl groups is 1. The van der Waals surface area contributed by atoms with Crippen LogP contribution < -0.4 is 4.90 Å². The molecule has 150 valence electrons. The quantitative estimate of drug-likeness (QED) is 0.697. The first-order chi connectivity index (χ1) is 14.1. The Balaban J connectivity index is 1.68. The Labute approximate surface area is 175 Å². The van der Waals surface area contributed by atoms with Crippen LogP contribution in [0.3, 0.4) is 0 Å². The van der Waals surface area contributed by atoms with Crippen LogP contribution in [-0.2, 0) is 0 Å². The van der Waals surface area contributed by atoms with Crippen molar-refractivity contribution in [2.75, 3.05) is 37.7 Å². The summed E-state index contributed by atoms with van der Waals surface area (Å²) in [5.74, 6) is 1.56. The van der Waals surface area contributed by atoms with Gasteiger partial charge in [-0.1, -0.05) is 23.7 Å². The van der Waals surface area contributed by atoms with Crippen molar-refractivity contribution in [1.82, 2.24) is 19.9 Å². The molecule has 0 bridgehead atoms. The zero-order valence-corrected chi connectivity index (χ0v) is 17.1. The lowest BCUT2D eigenvalue weighted by Crippen LogP contribution is -2.50. The Morgan fingerprint density at radius 2 is 1.79 bits per heavy atom. The van der Waals surface area contributed by atoms with Gasteiger partial charge in [0.2, 0.25) is 0 Å². The van der Waals surface area contributed by atoms with Gasteiger partial charge in [0.1, 0.15) is 5.82 Å². The molecule has 0 amide bonds. The molecule has 0 radical (unpaired) electrons. The fraction of sp³-hybridized carbons (Fsp3) is 0.318. The van der Waals surface area contributed by atoms with Crippen molar-refractivity contribution in [3.05, 3.63) is 59.9 Å². The van der Waals surface area contributed by atoms with E-state index in [9.17, 15) is 5.11 Å². The van der Waals surface area contributed by atoms with Crippen molar-refractivity contribution in [3.8, 4) is 22.6 Å². The van der Waals surface area contributed by atoms with E-state index in [2.05, 4.69) is 21.7 Å². The molecule has 1 saturated heterocycles. The van der Waals surface area contributed by atoms with Crippen LogP contribution in [0.5, 0.6) is 0 Å². The van der Waals surface area contributed by atoms with E-state index in [0.29, 0.717) is 10.8 Å². The van der Waals surface area contributed by atoms with Crippen molar-refractivity contribution >= 4 is 17.4 Å². The summed E-state index contributed by atoms with van der Waals surface area (Å²) in [6.07, 6.45) is 3.53. The first-order valence-electron chi connectivity index (χ1n) is 9.79. The molecule has 3 heterocycles. The van der Waals surface area contributed by atoms with Crippen molar-refractivity contribution in [3.63, 3.8) is 0 Å². The molecule has 1 fully saturated rings. The molecular weight excluding hydrogens is 386 g/mol. The average Bonchev–Trinajstić information content (AvgIpc) is 2.79. The zero-order valence-electron chi connectivity index (χ0n) is 16.4. The fourth-order valence-corrected chi connectivity index (χ4v) is 3.62. The van der Waals surface area contributed by atoms with E-state index in [0.717, 1.165) is 48.8 Å². The summed E-state index contributed by atoms with van der Waals surface area (Å²) in [5.41, 5.74) is 2.74. The van der Waals surface area contributed by atoms with Gasteiger partial charge in [-0.2, -0.15) is 0 Å². The van der Waals surface area contributed by atoms with Crippen molar-refractivity contribution in [1.29, 1.82) is 0 Å². The summed E-state index contributed by atoms with van der Waals surface area (Å²) in [6, 6.07) is 13.8. The van der Waals surface area contributed by atoms with E-state index < -0.39 is 0 Å². The monoisotopic (exact) mass is 409 g/mol. The second kappa shape index (κ2) is 8.86. The molecule has 29 heavy (non-hydrogen) atoms. The number of rotatable bonds is 5. The number of aliphatic hydroxyl groups excluding tert-OH is 1. The van der Waals surface area contributed by atoms with Gasteiger partial charge in [0.15, 0.2) is 5.82 Å². The van der Waals surface area contributed by atoms with Gasteiger partial charge in [-0.05, 0) is 31.2 Å². The number of piperazine rings is 1. The van der Waals surface area contributed by atoms with E-state index in [4.69, 9.17) is 21.6 Å². The Kier molecular flexibility index (Phi) is 6.04. The van der Waals surface area contributed by atoms with E-state index in [-0.39, 0.29) is 12.6 Å². The third-order valence-corrected chi connectivity index (χ3v) is 5.55. The van der Waals surface area contributed by atoms with Crippen LogP contribution in [0.25, 0.3) is 22.6 Å². The van der Waals surface area contributed by atoms with Crippen LogP contribution in [-0.4, -0.2) is 63.8 Å². The number of anilines is 1. The Morgan fingerprint density at radius 1 is 1.03 bits per heavy atom. The molecule has 7 heteroatoms. The maximum Gasteiger partial charge on any atom is 0.163 e. The SMILES string of the molecule is CC(CO)N1CCN(c2cc(-c3ccc(Cl)cc3)nc(-c3cccnc3)n2)CC1. The Hall–Kier alpha value is -2.54. The zero-order chi connectivity index (χ0) is 20.2. The predicted molar refractivity (Wildman–Crippen MR) is 116 cm³/mol. The number of hydrogen-bond donors (Lipinski definition) is 1. The maximum atomic E-state index is 9.42. The molecule has 0 spiro atoms. The smallest absolute Gasteiger partial charge is 0.163 e. The number of benzene rings is 1. The lowest BCUT2D eigenvalue weighted by atomic mass is 10.1. The molecule has 1 aliphatic rings. The van der Waals surface area contributed by atoms with Gasteiger partial charge in [-0.3, -0.25) is 9.88 Å². The molecule has 0 aliphatic carbocycles. The second-order valence-electron chi connectivity index (χ2n) is 7.24. The normalized spacial score (nSPS) is 16.0. The van der Waals surface area contributed by atoms with Crippen LogP contribution in [0.1, 0.15) is 6.92 Å². The van der Waals surface area contributed by atoms with E-state index in [1.54, 1.807) is 12.4 Å². The molecule has 1 aromatic carbocycles. The molecule has 2 aromatic heterocycles. The van der Waals surface area contributed by atoms with Crippen LogP contribution in [0.15, 0.2) is 54.9 Å². The molecular formula is C22H24ClN5O. The van der Waals surface area contributed by atoms with Crippen LogP contribution in [0.4, 0.5) is 5.82 Å². The molecule has 0 saturated carbocycles. The van der Waals surface area contributed by atoms with Crippen molar-refractivity contribution < 1.29 is 5.11 Å². The summed E-state index contributed by atoms with van der Waals surface area (Å²) in [4.78, 5) is 18.4. The lowest BCUT2D eigenvalue weighted by Gasteiger charge is -2.38. The first-order valence-corrected chi connectivity index (χ1v) is 10.2. The van der Waals surface area contributed by atoms with Gasteiger partial charge in [0, 0.05) is 66.8 Å². The number of nitrogens with zero attached hydrogens (tertiary/aromatic N) is 5. The maximum absolute atomic E-state index is 9.42. The number of halogens is 1. The summed E-state index contributed by atoms with van der Waals surface area (Å²) in [6.45, 7) is 5.73. The number of pyridine rings is 1. The fourth-order valence-electron chi connectivity index (χ4n) is 3.50. The number of aromatic nitrogens is 3. The van der Waals surface area contributed by atoms with Gasteiger partial charge in [0.25, 0.3) is 0 Å². The van der Waals surface area contributed by atoms with E-state index >= 15 is 0 Å². The third kappa shape index (κ3) is 4.56. The minimum absolute atomic E-state index is 0.179. The average molecular weight is 410 g/mol. The van der Waals surface area contributed by atoms with Gasteiger partial charge in [-0.25, -0.2) is 9.97 Å². The van der Waals surface area contributed by atoms with Crippen molar-refractivity contribution in [2.24, 2.45) is 0 Å². The lowest BCUT2D eigenvalue weighted by molar-refractivity contribution is 0.128. The summed E-state index contributed by atoms with van der Waals surface area (Å²) in [7, 11) is 0. The Morgan fingerprint density at radius 3 is 2.45 bits per heavy atom. The summed E-state index contributed by atoms with van der Waals surface area (Å²) < 4.78 is 0. The molecule has 1 atom stereocenters. The molecule has 1 aliphatic heterocycles. The first kappa shape index (κ1) is 19.8. The van der Waals surface area contributed by atoms with Crippen molar-refractivity contribution in [2.45, 2.75) is 13.0 Å². The van der Waals surface area contributed by atoms with Gasteiger partial charge in [-0.15, -0.1) is 0 Å². The van der Waals surface area contributed by atoms with Crippen LogP contribution in [0, 0.1) is 0 Å². The van der Waals surface area contributed by atoms with Gasteiger partial charge < -0.3 is 10.0 Å². The summed E-state index contributed by atoms with van der Waals surface area (Å²) >= 11 is 6.06. The highest BCUT2D eigenvalue weighted by molar-refractivity contribution is 6.30. The minimum Gasteiger partial charge on any atom is -0.395 e. The molecule has 1 unspecified atom stereocenters. The highest BCUT2D eigenvalue weighted by atomic mass is 35.5. The van der Waals surface area contributed by atoms with Gasteiger partial charge in [0.05, 0.1) is 12.3 Å². The third-order valence-electron chi connectivity index (χ3n) is 5.30. The summed E-state index contributed by atoms with van der Waals surface area (Å²) in [5, 5.41) is 10.1. The molecule has 6 nitrogen and oxygen atoms in total. The highest BCUT2D eigenvalue weighted by Crippen LogP contribution is 2.27. The highest BCUT2D eigenvalue weighted by Gasteiger charge is 2.22. The predicted octanol–water partition coefficient (Wildman–Crippen LogP) is 3.36. The van der Waals surface area contributed by atoms with Crippen LogP contribution in [0.2, 0.25) is 5.02 Å². The minimum atomic E-state index is 0.179. The molecule has 4 rings (SSSR count). The second-order valence-corrected chi connectivity index (χ2v) is 7.67.